The maximum Gasteiger partial charge on any atom is 0.410 e. The van der Waals surface area contributed by atoms with E-state index in [1.54, 1.807) is 0 Å². The average molecular weight is 220 g/mol. The Labute approximate surface area is 85.9 Å². The summed E-state index contributed by atoms with van der Waals surface area (Å²) in [5.74, 6) is -0.108. The van der Waals surface area contributed by atoms with Crippen LogP contribution in [0.2, 0.25) is 0 Å². The molecule has 0 N–H and O–H groups in total. The van der Waals surface area contributed by atoms with Gasteiger partial charge in [0.1, 0.15) is 18.8 Å². The Morgan fingerprint density at radius 3 is 3.07 bits per heavy atom. The third-order valence-electron chi connectivity index (χ3n) is 2.53. The quantitative estimate of drug-likeness (QED) is 0.539. The fourth-order valence-corrected chi connectivity index (χ4v) is 2.26. The number of carbonyl (C=O) groups is 2. The van der Waals surface area contributed by atoms with Crippen LogP contribution in [0, 0.1) is 0 Å². The number of ketones is 1. The Morgan fingerprint density at radius 1 is 1.71 bits per heavy atom. The SMILES string of the molecule is COC(=O)N1CC(Cl)C2OCC(=O)C21. The summed E-state index contributed by atoms with van der Waals surface area (Å²) in [6.45, 7) is 0.335. The van der Waals surface area contributed by atoms with Gasteiger partial charge in [-0.1, -0.05) is 0 Å². The van der Waals surface area contributed by atoms with Crippen LogP contribution in [0.5, 0.6) is 0 Å². The number of hydrogen-bond donors (Lipinski definition) is 0. The number of halogens is 1. The predicted molar refractivity (Wildman–Crippen MR) is 47.3 cm³/mol. The summed E-state index contributed by atoms with van der Waals surface area (Å²) in [4.78, 5) is 24.0. The lowest BCUT2D eigenvalue weighted by atomic mass is 10.1. The fourth-order valence-electron chi connectivity index (χ4n) is 1.90. The molecule has 0 bridgehead atoms. The third-order valence-corrected chi connectivity index (χ3v) is 2.92. The van der Waals surface area contributed by atoms with E-state index in [0.29, 0.717) is 6.54 Å². The Morgan fingerprint density at radius 2 is 2.43 bits per heavy atom. The van der Waals surface area contributed by atoms with Crippen molar-refractivity contribution in [1.29, 1.82) is 0 Å². The molecule has 6 heteroatoms. The van der Waals surface area contributed by atoms with Crippen molar-refractivity contribution in [3.8, 4) is 0 Å². The number of nitrogens with zero attached hydrogens (tertiary/aromatic N) is 1. The molecule has 1 amide bonds. The third kappa shape index (κ3) is 1.27. The van der Waals surface area contributed by atoms with E-state index < -0.39 is 12.1 Å². The van der Waals surface area contributed by atoms with Crippen molar-refractivity contribution >= 4 is 23.5 Å². The van der Waals surface area contributed by atoms with E-state index in [0.717, 1.165) is 0 Å². The largest absolute Gasteiger partial charge is 0.453 e. The van der Waals surface area contributed by atoms with Crippen LogP contribution in [-0.4, -0.2) is 54.6 Å². The van der Waals surface area contributed by atoms with Crippen molar-refractivity contribution in [3.63, 3.8) is 0 Å². The number of Topliss-reactive ketones (excluding diaryl/α,β-unsaturated/α-hetero) is 1. The minimum Gasteiger partial charge on any atom is -0.453 e. The maximum absolute atomic E-state index is 11.4. The lowest BCUT2D eigenvalue weighted by Gasteiger charge is -2.19. The summed E-state index contributed by atoms with van der Waals surface area (Å²) >= 11 is 5.95. The number of hydrogen-bond acceptors (Lipinski definition) is 4. The molecular formula is C8H10ClNO4. The molecular weight excluding hydrogens is 210 g/mol. The second-order valence-electron chi connectivity index (χ2n) is 3.33. The van der Waals surface area contributed by atoms with E-state index >= 15 is 0 Å². The normalized spacial score (nSPS) is 36.0. The summed E-state index contributed by atoms with van der Waals surface area (Å²) in [6, 6.07) is -0.551. The smallest absolute Gasteiger partial charge is 0.410 e. The van der Waals surface area contributed by atoms with Gasteiger partial charge < -0.3 is 9.47 Å². The molecule has 5 nitrogen and oxygen atoms in total. The zero-order valence-corrected chi connectivity index (χ0v) is 8.36. The summed E-state index contributed by atoms with van der Waals surface area (Å²) < 4.78 is 9.75. The number of likely N-dealkylation sites (tertiary alicyclic amines) is 1. The van der Waals surface area contributed by atoms with Gasteiger partial charge in [-0.2, -0.15) is 0 Å². The minimum absolute atomic E-state index is 0.0338. The first-order valence-electron chi connectivity index (χ1n) is 4.28. The van der Waals surface area contributed by atoms with E-state index in [1.807, 2.05) is 0 Å². The standard InChI is InChI=1S/C8H10ClNO4/c1-13-8(12)10-2-4(9)7-6(10)5(11)3-14-7/h4,6-7H,2-3H2,1H3. The second-order valence-corrected chi connectivity index (χ2v) is 3.89. The van der Waals surface area contributed by atoms with Crippen LogP contribution >= 0.6 is 11.6 Å². The van der Waals surface area contributed by atoms with Gasteiger partial charge in [0.15, 0.2) is 5.78 Å². The van der Waals surface area contributed by atoms with E-state index in [2.05, 4.69) is 4.74 Å². The lowest BCUT2D eigenvalue weighted by Crippen LogP contribution is -2.41. The highest BCUT2D eigenvalue weighted by Crippen LogP contribution is 2.30. The number of carbonyl (C=O) groups excluding carboxylic acids is 2. The molecule has 2 saturated heterocycles. The summed E-state index contributed by atoms with van der Waals surface area (Å²) in [7, 11) is 1.28. The number of alkyl halides is 1. The average Bonchev–Trinajstić information content (AvgIpc) is 2.69. The zero-order valence-electron chi connectivity index (χ0n) is 7.60. The molecule has 0 aliphatic carbocycles. The van der Waals surface area contributed by atoms with Crippen molar-refractivity contribution in [2.24, 2.45) is 0 Å². The van der Waals surface area contributed by atoms with Crippen molar-refractivity contribution in [3.05, 3.63) is 0 Å². The Bertz CT molecular complexity index is 283. The molecule has 2 heterocycles. The number of fused-ring (bicyclic) bond motifs is 1. The molecule has 2 fully saturated rings. The molecule has 0 aromatic carbocycles. The highest BCUT2D eigenvalue weighted by Gasteiger charge is 2.52. The number of methoxy groups -OCH3 is 1. The molecule has 14 heavy (non-hydrogen) atoms. The van der Waals surface area contributed by atoms with Crippen LogP contribution < -0.4 is 0 Å². The Hall–Kier alpha value is -0.810. The Kier molecular flexibility index (Phi) is 2.36. The van der Waals surface area contributed by atoms with Crippen LogP contribution in [0.4, 0.5) is 4.79 Å². The van der Waals surface area contributed by atoms with Gasteiger partial charge in [0, 0.05) is 6.54 Å². The van der Waals surface area contributed by atoms with E-state index in [-0.39, 0.29) is 23.9 Å². The molecule has 78 valence electrons. The molecule has 2 rings (SSSR count). The molecule has 2 aliphatic heterocycles. The topological polar surface area (TPSA) is 55.8 Å². The molecule has 0 aromatic rings. The van der Waals surface area contributed by atoms with E-state index in [1.165, 1.54) is 12.0 Å². The first-order valence-corrected chi connectivity index (χ1v) is 4.71. The van der Waals surface area contributed by atoms with E-state index in [9.17, 15) is 9.59 Å². The number of rotatable bonds is 0. The van der Waals surface area contributed by atoms with Crippen molar-refractivity contribution in [1.82, 2.24) is 4.90 Å². The molecule has 0 radical (unpaired) electrons. The van der Waals surface area contributed by atoms with Gasteiger partial charge in [-0.15, -0.1) is 11.6 Å². The maximum atomic E-state index is 11.4. The van der Waals surface area contributed by atoms with Gasteiger partial charge in [-0.25, -0.2) is 4.79 Å². The van der Waals surface area contributed by atoms with E-state index in [4.69, 9.17) is 16.3 Å². The monoisotopic (exact) mass is 219 g/mol. The molecule has 3 unspecified atom stereocenters. The van der Waals surface area contributed by atoms with Gasteiger partial charge in [0.25, 0.3) is 0 Å². The number of amides is 1. The van der Waals surface area contributed by atoms with Crippen molar-refractivity contribution < 1.29 is 19.1 Å². The summed E-state index contributed by atoms with van der Waals surface area (Å²) in [5.41, 5.74) is 0. The first kappa shape index (κ1) is 9.73. The van der Waals surface area contributed by atoms with Crippen molar-refractivity contribution in [2.45, 2.75) is 17.5 Å². The van der Waals surface area contributed by atoms with Gasteiger partial charge >= 0.3 is 6.09 Å². The molecule has 2 aliphatic rings. The minimum atomic E-state index is -0.551. The van der Waals surface area contributed by atoms with Gasteiger partial charge in [-0.3, -0.25) is 9.69 Å². The molecule has 3 atom stereocenters. The molecule has 0 spiro atoms. The van der Waals surface area contributed by atoms with Crippen LogP contribution in [0.3, 0.4) is 0 Å². The van der Waals surface area contributed by atoms with Gasteiger partial charge in [-0.05, 0) is 0 Å². The highest BCUT2D eigenvalue weighted by molar-refractivity contribution is 6.22. The van der Waals surface area contributed by atoms with Crippen molar-refractivity contribution in [2.75, 3.05) is 20.3 Å². The molecule has 0 aromatic heterocycles. The summed E-state index contributed by atoms with van der Waals surface area (Å²) in [6.07, 6.45) is -0.898. The summed E-state index contributed by atoms with van der Waals surface area (Å²) in [5, 5.41) is -0.328. The Balaban J connectivity index is 2.20. The number of ether oxygens (including phenoxy) is 2. The fraction of sp³-hybridized carbons (Fsp3) is 0.750. The zero-order chi connectivity index (χ0) is 10.3. The van der Waals surface area contributed by atoms with Gasteiger partial charge in [0.05, 0.1) is 12.5 Å². The predicted octanol–water partition coefficient (Wildman–Crippen LogP) is 0.0123. The second kappa shape index (κ2) is 3.40. The van der Waals surface area contributed by atoms with Crippen LogP contribution in [0.1, 0.15) is 0 Å². The van der Waals surface area contributed by atoms with Crippen LogP contribution in [0.25, 0.3) is 0 Å². The highest BCUT2D eigenvalue weighted by atomic mass is 35.5. The molecule has 0 saturated carbocycles. The lowest BCUT2D eigenvalue weighted by molar-refractivity contribution is -0.121. The van der Waals surface area contributed by atoms with Gasteiger partial charge in [0.2, 0.25) is 0 Å². The first-order chi connectivity index (χ1) is 6.65. The van der Waals surface area contributed by atoms with Crippen LogP contribution in [-0.2, 0) is 14.3 Å². The van der Waals surface area contributed by atoms with Crippen LogP contribution in [0.15, 0.2) is 0 Å².